The van der Waals surface area contributed by atoms with E-state index in [1.165, 1.54) is 0 Å². The number of nitrogens with zero attached hydrogens (tertiary/aromatic N) is 4. The molecule has 0 fully saturated rings. The summed E-state index contributed by atoms with van der Waals surface area (Å²) in [5.41, 5.74) is 9.21. The highest BCUT2D eigenvalue weighted by Crippen LogP contribution is 2.56. The summed E-state index contributed by atoms with van der Waals surface area (Å²) >= 11 is 0. The van der Waals surface area contributed by atoms with Gasteiger partial charge in [-0.3, -0.25) is 0 Å². The fraction of sp³-hybridized carbons (Fsp3) is 0.240. The first kappa shape index (κ1) is 18.0. The zero-order valence-electron chi connectivity index (χ0n) is 16.6. The van der Waals surface area contributed by atoms with Crippen LogP contribution in [0.2, 0.25) is 0 Å². The van der Waals surface area contributed by atoms with E-state index in [2.05, 4.69) is 47.0 Å². The molecule has 30 heavy (non-hydrogen) atoms. The highest BCUT2D eigenvalue weighted by Gasteiger charge is 2.54. The lowest BCUT2D eigenvalue weighted by Gasteiger charge is -2.40. The molecule has 0 bridgehead atoms. The van der Waals surface area contributed by atoms with Crippen LogP contribution in [0, 0.1) is 45.3 Å². The highest BCUT2D eigenvalue weighted by molar-refractivity contribution is 6.08. The van der Waals surface area contributed by atoms with Gasteiger partial charge in [-0.2, -0.15) is 15.8 Å². The SMILES string of the molecule is Cn1c2ccccc2c2cc([C@@H]3[C@@H]4CCC=C4C(C#N)=C(N)C3(C#N)C#N)ccc21. The summed E-state index contributed by atoms with van der Waals surface area (Å²) in [6.45, 7) is 0. The number of rotatable bonds is 1. The quantitative estimate of drug-likeness (QED) is 0.660. The van der Waals surface area contributed by atoms with Gasteiger partial charge in [-0.25, -0.2) is 0 Å². The van der Waals surface area contributed by atoms with E-state index in [1.54, 1.807) is 0 Å². The van der Waals surface area contributed by atoms with Gasteiger partial charge in [0.05, 0.1) is 23.4 Å². The lowest BCUT2D eigenvalue weighted by molar-refractivity contribution is 0.345. The monoisotopic (exact) mass is 389 g/mol. The van der Waals surface area contributed by atoms with Gasteiger partial charge in [0.15, 0.2) is 5.41 Å². The third-order valence-corrected chi connectivity index (χ3v) is 6.85. The van der Waals surface area contributed by atoms with Crippen molar-refractivity contribution >= 4 is 21.8 Å². The van der Waals surface area contributed by atoms with E-state index < -0.39 is 11.3 Å². The zero-order valence-corrected chi connectivity index (χ0v) is 16.6. The first-order valence-electron chi connectivity index (χ1n) is 9.97. The molecule has 1 heterocycles. The van der Waals surface area contributed by atoms with Crippen molar-refractivity contribution < 1.29 is 0 Å². The fourth-order valence-electron chi connectivity index (χ4n) is 5.45. The van der Waals surface area contributed by atoms with Gasteiger partial charge < -0.3 is 10.3 Å². The molecule has 5 heteroatoms. The minimum absolute atomic E-state index is 0.0707. The van der Waals surface area contributed by atoms with Gasteiger partial charge in [0.1, 0.15) is 6.07 Å². The number of nitriles is 3. The number of hydrogen-bond acceptors (Lipinski definition) is 4. The Balaban J connectivity index is 1.82. The molecule has 1 aromatic heterocycles. The normalized spacial score (nSPS) is 22.3. The predicted molar refractivity (Wildman–Crippen MR) is 114 cm³/mol. The standard InChI is InChI=1S/C25H19N5/c1-30-21-8-3-2-5-17(21)19-11-15(9-10-22(19)30)23-18-7-4-6-16(18)20(12-26)24(29)25(23,13-27)14-28/h2-3,5-6,8-11,18,23H,4,7,29H2,1H3/t18-,23-/m1/s1. The number of nitrogens with two attached hydrogens (primary N) is 1. The van der Waals surface area contributed by atoms with Crippen LogP contribution in [0.4, 0.5) is 0 Å². The number of benzene rings is 2. The smallest absolute Gasteiger partial charge is 0.191 e. The second-order valence-electron chi connectivity index (χ2n) is 8.11. The Kier molecular flexibility index (Phi) is 3.76. The summed E-state index contributed by atoms with van der Waals surface area (Å²) in [5.74, 6) is -0.486. The van der Waals surface area contributed by atoms with Crippen molar-refractivity contribution in [1.29, 1.82) is 15.8 Å². The van der Waals surface area contributed by atoms with Crippen LogP contribution < -0.4 is 5.73 Å². The third kappa shape index (κ3) is 2.08. The van der Waals surface area contributed by atoms with Crippen LogP contribution in [0.1, 0.15) is 24.3 Å². The van der Waals surface area contributed by atoms with E-state index in [0.717, 1.165) is 45.8 Å². The van der Waals surface area contributed by atoms with Gasteiger partial charge in [0.2, 0.25) is 0 Å². The maximum Gasteiger partial charge on any atom is 0.191 e. The first-order valence-corrected chi connectivity index (χ1v) is 9.97. The van der Waals surface area contributed by atoms with Gasteiger partial charge in [-0.15, -0.1) is 0 Å². The Labute approximate surface area is 174 Å². The summed E-state index contributed by atoms with van der Waals surface area (Å²) in [5, 5.41) is 32.2. The summed E-state index contributed by atoms with van der Waals surface area (Å²) < 4.78 is 2.15. The molecule has 2 atom stereocenters. The number of para-hydroxylation sites is 1. The van der Waals surface area contributed by atoms with Crippen molar-refractivity contribution in [3.8, 4) is 18.2 Å². The van der Waals surface area contributed by atoms with Gasteiger partial charge in [-0.1, -0.05) is 30.3 Å². The molecule has 2 aliphatic rings. The van der Waals surface area contributed by atoms with E-state index in [0.29, 0.717) is 5.57 Å². The van der Waals surface area contributed by atoms with Gasteiger partial charge in [0.25, 0.3) is 0 Å². The molecule has 2 aliphatic carbocycles. The van der Waals surface area contributed by atoms with Crippen molar-refractivity contribution in [2.24, 2.45) is 24.1 Å². The largest absolute Gasteiger partial charge is 0.399 e. The summed E-state index contributed by atoms with van der Waals surface area (Å²) in [4.78, 5) is 0. The molecule has 3 aromatic rings. The molecule has 2 aromatic carbocycles. The number of hydrogen-bond donors (Lipinski definition) is 1. The van der Waals surface area contributed by atoms with Crippen molar-refractivity contribution in [2.75, 3.05) is 0 Å². The van der Waals surface area contributed by atoms with Crippen LogP contribution in [-0.2, 0) is 7.05 Å². The molecule has 5 rings (SSSR count). The molecule has 144 valence electrons. The van der Waals surface area contributed by atoms with Gasteiger partial charge >= 0.3 is 0 Å². The Morgan fingerprint density at radius 2 is 1.77 bits per heavy atom. The Hall–Kier alpha value is -4.01. The van der Waals surface area contributed by atoms with Crippen LogP contribution in [0.5, 0.6) is 0 Å². The summed E-state index contributed by atoms with van der Waals surface area (Å²) in [6.07, 6.45) is 3.66. The van der Waals surface area contributed by atoms with Gasteiger partial charge in [0, 0.05) is 34.8 Å². The molecule has 0 unspecified atom stereocenters. The van der Waals surface area contributed by atoms with E-state index in [9.17, 15) is 15.8 Å². The zero-order chi connectivity index (χ0) is 21.0. The van der Waals surface area contributed by atoms with Gasteiger partial charge in [-0.05, 0) is 48.1 Å². The lowest BCUT2D eigenvalue weighted by Crippen LogP contribution is -2.41. The van der Waals surface area contributed by atoms with Crippen LogP contribution in [0.3, 0.4) is 0 Å². The predicted octanol–water partition coefficient (Wildman–Crippen LogP) is 4.54. The minimum atomic E-state index is -1.56. The highest BCUT2D eigenvalue weighted by atomic mass is 14.9. The maximum atomic E-state index is 10.1. The maximum absolute atomic E-state index is 10.1. The topological polar surface area (TPSA) is 102 Å². The lowest BCUT2D eigenvalue weighted by atomic mass is 9.59. The molecule has 0 radical (unpaired) electrons. The molecule has 0 saturated heterocycles. The average molecular weight is 389 g/mol. The minimum Gasteiger partial charge on any atom is -0.399 e. The van der Waals surface area contributed by atoms with E-state index in [1.807, 2.05) is 31.3 Å². The second kappa shape index (κ2) is 6.24. The molecule has 0 amide bonds. The number of fused-ring (bicyclic) bond motifs is 4. The molecule has 0 saturated carbocycles. The molecule has 0 spiro atoms. The fourth-order valence-corrected chi connectivity index (χ4v) is 5.45. The summed E-state index contributed by atoms with van der Waals surface area (Å²) in [7, 11) is 2.04. The average Bonchev–Trinajstić information content (AvgIpc) is 3.36. The van der Waals surface area contributed by atoms with E-state index in [-0.39, 0.29) is 11.6 Å². The Morgan fingerprint density at radius 1 is 1.03 bits per heavy atom. The number of allylic oxidation sites excluding steroid dienone is 4. The molecular weight excluding hydrogens is 370 g/mol. The van der Waals surface area contributed by atoms with Crippen molar-refractivity contribution in [3.05, 3.63) is 70.9 Å². The van der Waals surface area contributed by atoms with E-state index in [4.69, 9.17) is 5.73 Å². The van der Waals surface area contributed by atoms with Crippen molar-refractivity contribution in [2.45, 2.75) is 18.8 Å². The van der Waals surface area contributed by atoms with E-state index >= 15 is 0 Å². The van der Waals surface area contributed by atoms with Crippen LogP contribution in [-0.4, -0.2) is 4.57 Å². The van der Waals surface area contributed by atoms with Crippen molar-refractivity contribution in [1.82, 2.24) is 4.57 Å². The molecule has 2 N–H and O–H groups in total. The Bertz CT molecular complexity index is 1400. The summed E-state index contributed by atoms with van der Waals surface area (Å²) in [6, 6.07) is 20.9. The number of aromatic nitrogens is 1. The van der Waals surface area contributed by atoms with Crippen LogP contribution >= 0.6 is 0 Å². The van der Waals surface area contributed by atoms with Crippen LogP contribution in [0.15, 0.2) is 65.4 Å². The number of aryl methyl sites for hydroxylation is 1. The molecule has 5 nitrogen and oxygen atoms in total. The van der Waals surface area contributed by atoms with Crippen molar-refractivity contribution in [3.63, 3.8) is 0 Å². The molecular formula is C25H19N5. The third-order valence-electron chi connectivity index (χ3n) is 6.85. The Morgan fingerprint density at radius 3 is 2.50 bits per heavy atom. The molecule has 0 aliphatic heterocycles. The first-order chi connectivity index (χ1) is 14.6. The van der Waals surface area contributed by atoms with Crippen LogP contribution in [0.25, 0.3) is 21.8 Å². The second-order valence-corrected chi connectivity index (χ2v) is 8.11.